The zero-order valence-corrected chi connectivity index (χ0v) is 17.2. The van der Waals surface area contributed by atoms with Crippen molar-refractivity contribution in [1.29, 1.82) is 0 Å². The first kappa shape index (κ1) is 19.6. The Balaban J connectivity index is 1.68. The van der Waals surface area contributed by atoms with Crippen molar-refractivity contribution in [2.45, 2.75) is 6.04 Å². The number of nitrogens with zero attached hydrogens (tertiary/aromatic N) is 2. The Labute approximate surface area is 183 Å². The van der Waals surface area contributed by atoms with Crippen molar-refractivity contribution in [1.82, 2.24) is 4.98 Å². The standard InChI is InChI=1S/C22H12ClFN2O4S/c23-12-4-1-3-11(9-12)18-17(19(27)15-5-2-8-30-15)20(28)21(29)26(18)22-25-14-7-6-13(24)10-16(14)31-22/h1-10,17-18H. The van der Waals surface area contributed by atoms with Crippen LogP contribution >= 0.6 is 22.9 Å². The maximum atomic E-state index is 13.6. The number of rotatable bonds is 4. The molecule has 0 spiro atoms. The number of benzene rings is 2. The molecule has 2 unspecified atom stereocenters. The summed E-state index contributed by atoms with van der Waals surface area (Å²) >= 11 is 7.21. The van der Waals surface area contributed by atoms with Crippen LogP contribution in [0.2, 0.25) is 5.02 Å². The third-order valence-electron chi connectivity index (χ3n) is 5.09. The summed E-state index contributed by atoms with van der Waals surface area (Å²) in [6.45, 7) is 0. The van der Waals surface area contributed by atoms with Gasteiger partial charge in [0.2, 0.25) is 11.6 Å². The van der Waals surface area contributed by atoms with Crippen LogP contribution in [-0.4, -0.2) is 22.5 Å². The van der Waals surface area contributed by atoms with Gasteiger partial charge in [0.05, 0.1) is 22.5 Å². The zero-order valence-electron chi connectivity index (χ0n) is 15.6. The first-order valence-corrected chi connectivity index (χ1v) is 10.4. The monoisotopic (exact) mass is 454 g/mol. The predicted molar refractivity (Wildman–Crippen MR) is 113 cm³/mol. The minimum absolute atomic E-state index is 0.0219. The van der Waals surface area contributed by atoms with E-state index in [1.165, 1.54) is 41.5 Å². The lowest BCUT2D eigenvalue weighted by atomic mass is 9.88. The zero-order chi connectivity index (χ0) is 21.7. The highest BCUT2D eigenvalue weighted by Crippen LogP contribution is 2.44. The summed E-state index contributed by atoms with van der Waals surface area (Å²) < 4.78 is 19.4. The second kappa shape index (κ2) is 7.40. The van der Waals surface area contributed by atoms with Gasteiger partial charge in [-0.15, -0.1) is 0 Å². The Morgan fingerprint density at radius 1 is 1.13 bits per heavy atom. The highest BCUT2D eigenvalue weighted by Gasteiger charge is 2.53. The van der Waals surface area contributed by atoms with Crippen LogP contribution in [0.15, 0.2) is 65.3 Å². The number of halogens is 2. The molecule has 0 aliphatic carbocycles. The van der Waals surface area contributed by atoms with Crippen LogP contribution in [0.1, 0.15) is 22.2 Å². The van der Waals surface area contributed by atoms with Crippen molar-refractivity contribution in [3.63, 3.8) is 0 Å². The van der Waals surface area contributed by atoms with Crippen LogP contribution in [0.5, 0.6) is 0 Å². The summed E-state index contributed by atoms with van der Waals surface area (Å²) in [4.78, 5) is 44.8. The van der Waals surface area contributed by atoms with Crippen molar-refractivity contribution in [3.8, 4) is 0 Å². The quantitative estimate of drug-likeness (QED) is 0.250. The summed E-state index contributed by atoms with van der Waals surface area (Å²) in [5, 5.41) is 0.582. The first-order chi connectivity index (χ1) is 14.9. The Hall–Kier alpha value is -3.36. The average Bonchev–Trinajstić information content (AvgIpc) is 3.46. The van der Waals surface area contributed by atoms with Gasteiger partial charge in [0, 0.05) is 5.02 Å². The van der Waals surface area contributed by atoms with E-state index in [4.69, 9.17) is 16.0 Å². The van der Waals surface area contributed by atoms with Crippen molar-refractivity contribution >= 4 is 55.8 Å². The number of carbonyl (C=O) groups excluding carboxylic acids is 3. The molecule has 0 radical (unpaired) electrons. The Bertz CT molecular complexity index is 1350. The molecule has 2 aromatic carbocycles. The van der Waals surface area contributed by atoms with Crippen LogP contribution < -0.4 is 4.90 Å². The molecular formula is C22H12ClFN2O4S. The number of amides is 1. The van der Waals surface area contributed by atoms with E-state index >= 15 is 0 Å². The molecule has 0 saturated carbocycles. The lowest BCUT2D eigenvalue weighted by Gasteiger charge is -2.24. The van der Waals surface area contributed by atoms with Gasteiger partial charge >= 0.3 is 0 Å². The molecule has 5 rings (SSSR count). The van der Waals surface area contributed by atoms with Gasteiger partial charge in [-0.25, -0.2) is 9.37 Å². The van der Waals surface area contributed by atoms with Gasteiger partial charge in [-0.1, -0.05) is 35.1 Å². The summed E-state index contributed by atoms with van der Waals surface area (Å²) in [6.07, 6.45) is 1.32. The number of anilines is 1. The molecule has 1 saturated heterocycles. The molecule has 4 aromatic rings. The van der Waals surface area contributed by atoms with Gasteiger partial charge in [0.15, 0.2) is 10.9 Å². The van der Waals surface area contributed by atoms with E-state index < -0.39 is 35.3 Å². The Kier molecular flexibility index (Phi) is 4.68. The van der Waals surface area contributed by atoms with E-state index in [0.29, 0.717) is 20.8 Å². The maximum absolute atomic E-state index is 13.6. The molecule has 1 aliphatic rings. The van der Waals surface area contributed by atoms with Gasteiger partial charge in [-0.3, -0.25) is 19.3 Å². The van der Waals surface area contributed by atoms with Crippen LogP contribution in [0.4, 0.5) is 9.52 Å². The number of ketones is 2. The number of hydrogen-bond acceptors (Lipinski definition) is 6. The van der Waals surface area contributed by atoms with E-state index in [1.54, 1.807) is 24.3 Å². The van der Waals surface area contributed by atoms with E-state index in [1.807, 2.05) is 0 Å². The fraction of sp³-hybridized carbons (Fsp3) is 0.0909. The molecule has 1 amide bonds. The summed E-state index contributed by atoms with van der Waals surface area (Å²) in [6, 6.07) is 12.7. The highest BCUT2D eigenvalue weighted by atomic mass is 35.5. The average molecular weight is 455 g/mol. The van der Waals surface area contributed by atoms with Gasteiger partial charge < -0.3 is 4.42 Å². The smallest absolute Gasteiger partial charge is 0.297 e. The largest absolute Gasteiger partial charge is 0.461 e. The SMILES string of the molecule is O=C1C(=O)N(c2nc3ccc(F)cc3s2)C(c2cccc(Cl)c2)C1C(=O)c1ccco1. The third-order valence-corrected chi connectivity index (χ3v) is 6.34. The molecule has 1 aliphatic heterocycles. The summed E-state index contributed by atoms with van der Waals surface area (Å²) in [7, 11) is 0. The van der Waals surface area contributed by atoms with Gasteiger partial charge in [0.1, 0.15) is 11.7 Å². The fourth-order valence-corrected chi connectivity index (χ4v) is 4.96. The van der Waals surface area contributed by atoms with Crippen molar-refractivity contribution < 1.29 is 23.2 Å². The molecule has 3 heterocycles. The molecule has 2 atom stereocenters. The lowest BCUT2D eigenvalue weighted by Crippen LogP contribution is -2.30. The number of furan rings is 1. The molecule has 154 valence electrons. The second-order valence-corrected chi connectivity index (χ2v) is 8.41. The van der Waals surface area contributed by atoms with E-state index in [9.17, 15) is 18.8 Å². The lowest BCUT2D eigenvalue weighted by molar-refractivity contribution is -0.135. The number of hydrogen-bond donors (Lipinski definition) is 0. The van der Waals surface area contributed by atoms with Crippen LogP contribution in [-0.2, 0) is 9.59 Å². The van der Waals surface area contributed by atoms with Crippen molar-refractivity contribution in [2.24, 2.45) is 5.92 Å². The van der Waals surface area contributed by atoms with Gasteiger partial charge in [-0.05, 0) is 48.0 Å². The molecule has 31 heavy (non-hydrogen) atoms. The van der Waals surface area contributed by atoms with Gasteiger partial charge in [-0.2, -0.15) is 0 Å². The number of carbonyl (C=O) groups is 3. The molecule has 2 aromatic heterocycles. The van der Waals surface area contributed by atoms with E-state index in [2.05, 4.69) is 4.98 Å². The van der Waals surface area contributed by atoms with Crippen LogP contribution in [0.3, 0.4) is 0 Å². The molecule has 6 nitrogen and oxygen atoms in total. The van der Waals surface area contributed by atoms with Gasteiger partial charge in [0.25, 0.3) is 5.91 Å². The number of Topliss-reactive ketones (excluding diaryl/α,β-unsaturated/α-hetero) is 2. The predicted octanol–water partition coefficient (Wildman–Crippen LogP) is 4.84. The summed E-state index contributed by atoms with van der Waals surface area (Å²) in [5.74, 6) is -4.13. The Morgan fingerprint density at radius 2 is 1.97 bits per heavy atom. The van der Waals surface area contributed by atoms with Crippen molar-refractivity contribution in [3.05, 3.63) is 83.0 Å². The van der Waals surface area contributed by atoms with Crippen LogP contribution in [0, 0.1) is 11.7 Å². The molecule has 0 bridgehead atoms. The van der Waals surface area contributed by atoms with Crippen molar-refractivity contribution in [2.75, 3.05) is 4.90 Å². The van der Waals surface area contributed by atoms with E-state index in [0.717, 1.165) is 11.3 Å². The second-order valence-electron chi connectivity index (χ2n) is 6.97. The minimum atomic E-state index is -1.33. The highest BCUT2D eigenvalue weighted by molar-refractivity contribution is 7.22. The molecular weight excluding hydrogens is 443 g/mol. The number of fused-ring (bicyclic) bond motifs is 1. The molecule has 0 N–H and O–H groups in total. The number of aromatic nitrogens is 1. The minimum Gasteiger partial charge on any atom is -0.461 e. The maximum Gasteiger partial charge on any atom is 0.297 e. The molecule has 9 heteroatoms. The first-order valence-electron chi connectivity index (χ1n) is 9.21. The normalized spacial score (nSPS) is 18.8. The third kappa shape index (κ3) is 3.24. The number of thiazole rings is 1. The molecule has 1 fully saturated rings. The summed E-state index contributed by atoms with van der Waals surface area (Å²) in [5.41, 5.74) is 0.981. The topological polar surface area (TPSA) is 80.5 Å². The van der Waals surface area contributed by atoms with E-state index in [-0.39, 0.29) is 10.9 Å². The fourth-order valence-electron chi connectivity index (χ4n) is 3.73. The Morgan fingerprint density at radius 3 is 2.71 bits per heavy atom. The van der Waals surface area contributed by atoms with Crippen LogP contribution in [0.25, 0.3) is 10.2 Å².